The number of carboxylic acids is 1. The van der Waals surface area contributed by atoms with Gasteiger partial charge in [-0.1, -0.05) is 49.2 Å². The molecule has 1 heterocycles. The number of benzene rings is 2. The minimum absolute atomic E-state index is 0.201. The molecule has 0 spiro atoms. The van der Waals surface area contributed by atoms with Gasteiger partial charge in [0.2, 0.25) is 0 Å². The molecule has 1 N–H and O–H groups in total. The van der Waals surface area contributed by atoms with Gasteiger partial charge in [-0.05, 0) is 78.1 Å². The van der Waals surface area contributed by atoms with Crippen LogP contribution >= 0.6 is 11.6 Å². The van der Waals surface area contributed by atoms with Gasteiger partial charge in [-0.25, -0.2) is 0 Å². The molecule has 4 rings (SSSR count). The first kappa shape index (κ1) is 22.9. The summed E-state index contributed by atoms with van der Waals surface area (Å²) in [5, 5.41) is 9.90. The van der Waals surface area contributed by atoms with Crippen LogP contribution in [0.2, 0.25) is 5.02 Å². The second-order valence-electron chi connectivity index (χ2n) is 9.59. The van der Waals surface area contributed by atoms with Crippen molar-refractivity contribution in [2.24, 2.45) is 11.8 Å². The molecule has 1 aliphatic heterocycles. The van der Waals surface area contributed by atoms with Crippen molar-refractivity contribution in [3.05, 3.63) is 69.2 Å². The second kappa shape index (κ2) is 9.68. The number of carbonyl (C=O) groups is 1. The number of carboxylic acid groups (broad SMARTS) is 1. The van der Waals surface area contributed by atoms with Gasteiger partial charge in [-0.3, -0.25) is 9.69 Å². The molecule has 0 amide bonds. The topological polar surface area (TPSA) is 49.8 Å². The number of aryl methyl sites for hydroxylation is 1. The molecule has 1 aliphatic carbocycles. The number of hydrogen-bond donors (Lipinski definition) is 1. The van der Waals surface area contributed by atoms with E-state index in [0.29, 0.717) is 25.6 Å². The third-order valence-corrected chi connectivity index (χ3v) is 6.93. The normalized spacial score (nSPS) is 16.8. The van der Waals surface area contributed by atoms with Crippen molar-refractivity contribution in [1.29, 1.82) is 0 Å². The van der Waals surface area contributed by atoms with Crippen LogP contribution in [0.3, 0.4) is 0 Å². The molecule has 0 radical (unpaired) electrons. The highest BCUT2D eigenvalue weighted by molar-refractivity contribution is 6.31. The highest BCUT2D eigenvalue weighted by atomic mass is 35.5. The highest BCUT2D eigenvalue weighted by Gasteiger charge is 2.33. The minimum Gasteiger partial charge on any atom is -0.489 e. The van der Waals surface area contributed by atoms with Gasteiger partial charge in [0.05, 0.1) is 5.92 Å². The zero-order valence-electron chi connectivity index (χ0n) is 19.2. The fraction of sp³-hybridized carbons (Fsp3) is 0.444. The van der Waals surface area contributed by atoms with E-state index >= 15 is 0 Å². The van der Waals surface area contributed by atoms with E-state index < -0.39 is 5.97 Å². The van der Waals surface area contributed by atoms with Crippen LogP contribution in [0.25, 0.3) is 5.57 Å². The molecule has 170 valence electrons. The van der Waals surface area contributed by atoms with Crippen LogP contribution < -0.4 is 4.74 Å². The Balaban J connectivity index is 1.38. The van der Waals surface area contributed by atoms with E-state index in [2.05, 4.69) is 49.9 Å². The summed E-state index contributed by atoms with van der Waals surface area (Å²) in [6.45, 7) is 9.28. The number of fused-ring (bicyclic) bond motifs is 1. The Bertz CT molecular complexity index is 1040. The molecule has 0 aromatic heterocycles. The van der Waals surface area contributed by atoms with Crippen molar-refractivity contribution < 1.29 is 14.6 Å². The Morgan fingerprint density at radius 2 is 1.97 bits per heavy atom. The van der Waals surface area contributed by atoms with E-state index in [1.165, 1.54) is 27.8 Å². The summed E-state index contributed by atoms with van der Waals surface area (Å²) in [5.74, 6) is 0.583. The van der Waals surface area contributed by atoms with Crippen LogP contribution in [-0.4, -0.2) is 35.6 Å². The Kier molecular flexibility index (Phi) is 6.92. The van der Waals surface area contributed by atoms with Crippen LogP contribution in [0.1, 0.15) is 49.4 Å². The molecule has 5 heteroatoms. The number of aliphatic carboxylic acids is 1. The molecule has 0 saturated carbocycles. The van der Waals surface area contributed by atoms with E-state index in [9.17, 15) is 4.79 Å². The Morgan fingerprint density at radius 3 is 2.66 bits per heavy atom. The average molecular weight is 454 g/mol. The minimum atomic E-state index is -0.678. The van der Waals surface area contributed by atoms with Gasteiger partial charge in [0, 0.05) is 24.7 Å². The maximum Gasteiger partial charge on any atom is 0.309 e. The molecule has 0 bridgehead atoms. The zero-order valence-corrected chi connectivity index (χ0v) is 19.9. The number of hydrogen-bond acceptors (Lipinski definition) is 3. The van der Waals surface area contributed by atoms with Gasteiger partial charge < -0.3 is 9.84 Å². The smallest absolute Gasteiger partial charge is 0.309 e. The average Bonchev–Trinajstić information content (AvgIpc) is 2.71. The first-order valence-electron chi connectivity index (χ1n) is 11.5. The van der Waals surface area contributed by atoms with Crippen LogP contribution in [0.5, 0.6) is 5.75 Å². The van der Waals surface area contributed by atoms with E-state index in [1.807, 2.05) is 12.1 Å². The van der Waals surface area contributed by atoms with Crippen molar-refractivity contribution in [1.82, 2.24) is 4.90 Å². The fourth-order valence-electron chi connectivity index (χ4n) is 4.67. The summed E-state index contributed by atoms with van der Waals surface area (Å²) in [5.41, 5.74) is 7.62. The lowest BCUT2D eigenvalue weighted by molar-refractivity contribution is -0.147. The van der Waals surface area contributed by atoms with Gasteiger partial charge in [0.1, 0.15) is 12.4 Å². The van der Waals surface area contributed by atoms with E-state index in [0.717, 1.165) is 42.1 Å². The summed E-state index contributed by atoms with van der Waals surface area (Å²) in [4.78, 5) is 13.3. The standard InChI is InChI=1S/C27H32ClNO3/c1-17(2)10-21-5-4-19(11-26(21)28)16-32-24-8-9-25-18(3)22(7-6-20(25)12-24)13-29-14-23(15-29)27(30)31/h4-5,8-9,11-12,17,23H,6-7,10,13-16H2,1-3H3,(H,30,31). The molecular formula is C27H32ClNO3. The SMILES string of the molecule is CC1=C(CN2CC(C(=O)O)C2)CCc2cc(OCc3ccc(CC(C)C)c(Cl)c3)ccc21. The van der Waals surface area contributed by atoms with Gasteiger partial charge >= 0.3 is 5.97 Å². The number of nitrogens with zero attached hydrogens (tertiary/aromatic N) is 1. The maximum absolute atomic E-state index is 11.0. The lowest BCUT2D eigenvalue weighted by Gasteiger charge is -2.38. The predicted molar refractivity (Wildman–Crippen MR) is 129 cm³/mol. The second-order valence-corrected chi connectivity index (χ2v) is 10.00. The molecule has 0 atom stereocenters. The Morgan fingerprint density at radius 1 is 1.19 bits per heavy atom. The van der Waals surface area contributed by atoms with Crippen molar-refractivity contribution in [2.75, 3.05) is 19.6 Å². The summed E-state index contributed by atoms with van der Waals surface area (Å²) >= 11 is 6.46. The van der Waals surface area contributed by atoms with Gasteiger partial charge in [0.15, 0.2) is 0 Å². The first-order chi connectivity index (χ1) is 15.3. The summed E-state index contributed by atoms with van der Waals surface area (Å²) in [6.07, 6.45) is 2.99. The number of halogens is 1. The van der Waals surface area contributed by atoms with Crippen molar-refractivity contribution in [3.63, 3.8) is 0 Å². The lowest BCUT2D eigenvalue weighted by Crippen LogP contribution is -2.50. The fourth-order valence-corrected chi connectivity index (χ4v) is 4.95. The molecular weight excluding hydrogens is 422 g/mol. The predicted octanol–water partition coefficient (Wildman–Crippen LogP) is 5.85. The molecule has 2 aliphatic rings. The van der Waals surface area contributed by atoms with E-state index in [-0.39, 0.29) is 5.92 Å². The van der Waals surface area contributed by atoms with Crippen LogP contribution in [0.4, 0.5) is 0 Å². The third kappa shape index (κ3) is 5.19. The maximum atomic E-state index is 11.0. The van der Waals surface area contributed by atoms with Gasteiger partial charge in [-0.2, -0.15) is 0 Å². The molecule has 0 unspecified atom stereocenters. The van der Waals surface area contributed by atoms with Crippen molar-refractivity contribution >= 4 is 23.1 Å². The lowest BCUT2D eigenvalue weighted by atomic mass is 9.85. The van der Waals surface area contributed by atoms with E-state index in [4.69, 9.17) is 21.4 Å². The summed E-state index contributed by atoms with van der Waals surface area (Å²) in [6, 6.07) is 12.6. The molecule has 1 fully saturated rings. The van der Waals surface area contributed by atoms with Gasteiger partial charge in [-0.15, -0.1) is 0 Å². The highest BCUT2D eigenvalue weighted by Crippen LogP contribution is 2.35. The number of likely N-dealkylation sites (tertiary alicyclic amines) is 1. The molecule has 1 saturated heterocycles. The zero-order chi connectivity index (χ0) is 22.8. The first-order valence-corrected chi connectivity index (χ1v) is 11.8. The van der Waals surface area contributed by atoms with E-state index in [1.54, 1.807) is 0 Å². The number of rotatable bonds is 8. The summed E-state index contributed by atoms with van der Waals surface area (Å²) in [7, 11) is 0. The van der Waals surface area contributed by atoms with Crippen molar-refractivity contribution in [2.45, 2.75) is 46.6 Å². The largest absolute Gasteiger partial charge is 0.489 e. The molecule has 4 nitrogen and oxygen atoms in total. The number of allylic oxidation sites excluding steroid dienone is 1. The van der Waals surface area contributed by atoms with Crippen molar-refractivity contribution in [3.8, 4) is 5.75 Å². The summed E-state index contributed by atoms with van der Waals surface area (Å²) < 4.78 is 6.08. The Hall–Kier alpha value is -2.30. The Labute approximate surface area is 195 Å². The molecule has 2 aromatic rings. The van der Waals surface area contributed by atoms with Crippen LogP contribution in [-0.2, 0) is 24.2 Å². The number of ether oxygens (including phenoxy) is 1. The van der Waals surface area contributed by atoms with Crippen LogP contribution in [0, 0.1) is 11.8 Å². The van der Waals surface area contributed by atoms with Gasteiger partial charge in [0.25, 0.3) is 0 Å². The quantitative estimate of drug-likeness (QED) is 0.544. The monoisotopic (exact) mass is 453 g/mol. The molecule has 2 aromatic carbocycles. The third-order valence-electron chi connectivity index (χ3n) is 6.58. The molecule has 32 heavy (non-hydrogen) atoms. The van der Waals surface area contributed by atoms with Crippen LogP contribution in [0.15, 0.2) is 42.0 Å².